The van der Waals surface area contributed by atoms with E-state index in [2.05, 4.69) is 4.72 Å². The molecule has 0 saturated heterocycles. The summed E-state index contributed by atoms with van der Waals surface area (Å²) in [4.78, 5) is -0.358. The molecule has 0 spiro atoms. The lowest BCUT2D eigenvalue weighted by Gasteiger charge is -2.13. The minimum absolute atomic E-state index is 0.0537. The van der Waals surface area contributed by atoms with Gasteiger partial charge in [0.1, 0.15) is 4.90 Å². The van der Waals surface area contributed by atoms with Crippen LogP contribution < -0.4 is 9.86 Å². The van der Waals surface area contributed by atoms with Crippen molar-refractivity contribution in [2.24, 2.45) is 5.14 Å². The van der Waals surface area contributed by atoms with Gasteiger partial charge in [0.2, 0.25) is 10.0 Å². The fourth-order valence-electron chi connectivity index (χ4n) is 2.67. The maximum atomic E-state index is 12.9. The lowest BCUT2D eigenvalue weighted by molar-refractivity contribution is 0.598. The molecule has 0 atom stereocenters. The summed E-state index contributed by atoms with van der Waals surface area (Å²) in [6, 6.07) is 15.3. The molecule has 0 amide bonds. The first kappa shape index (κ1) is 21.6. The van der Waals surface area contributed by atoms with Crippen LogP contribution in [0.15, 0.2) is 70.5 Å². The smallest absolute Gasteiger partial charge is 0.261 e. The van der Waals surface area contributed by atoms with Crippen LogP contribution >= 0.6 is 23.2 Å². The van der Waals surface area contributed by atoms with Gasteiger partial charge in [-0.3, -0.25) is 4.72 Å². The molecule has 0 bridgehead atoms. The van der Waals surface area contributed by atoms with E-state index in [1.54, 1.807) is 43.3 Å². The maximum absolute atomic E-state index is 12.9. The average molecular weight is 471 g/mol. The Bertz CT molecular complexity index is 1310. The minimum atomic E-state index is -4.12. The summed E-state index contributed by atoms with van der Waals surface area (Å²) >= 11 is 12.0. The van der Waals surface area contributed by atoms with E-state index in [4.69, 9.17) is 28.3 Å². The molecule has 0 aliphatic heterocycles. The Kier molecular flexibility index (Phi) is 5.93. The van der Waals surface area contributed by atoms with Crippen LogP contribution in [0.5, 0.6) is 0 Å². The van der Waals surface area contributed by atoms with E-state index in [0.29, 0.717) is 26.7 Å². The molecule has 0 saturated carbocycles. The lowest BCUT2D eigenvalue weighted by atomic mass is 10.1. The third kappa shape index (κ3) is 4.91. The zero-order valence-corrected chi connectivity index (χ0v) is 18.2. The van der Waals surface area contributed by atoms with Crippen molar-refractivity contribution in [3.05, 3.63) is 76.3 Å². The third-order valence-corrected chi connectivity index (χ3v) is 7.14. The van der Waals surface area contributed by atoms with E-state index in [9.17, 15) is 16.8 Å². The summed E-state index contributed by atoms with van der Waals surface area (Å²) in [7, 11) is -8.21. The lowest BCUT2D eigenvalue weighted by Crippen LogP contribution is -2.19. The Hall–Kier alpha value is -2.10. The van der Waals surface area contributed by atoms with E-state index in [-0.39, 0.29) is 15.5 Å². The molecular formula is C19H16Cl2N2O4S2. The molecule has 0 heterocycles. The SMILES string of the molecule is Cc1ccc(NS(=O)(=O)c2cccc(-c3ccc(Cl)c(Cl)c3)c2)c(S(N)(=O)=O)c1. The van der Waals surface area contributed by atoms with E-state index in [1.165, 1.54) is 24.3 Å². The predicted molar refractivity (Wildman–Crippen MR) is 115 cm³/mol. The summed E-state index contributed by atoms with van der Waals surface area (Å²) in [5, 5.41) is 5.95. The van der Waals surface area contributed by atoms with E-state index < -0.39 is 20.0 Å². The maximum Gasteiger partial charge on any atom is 0.261 e. The number of nitrogens with two attached hydrogens (primary N) is 1. The fraction of sp³-hybridized carbons (Fsp3) is 0.0526. The van der Waals surface area contributed by atoms with Crippen molar-refractivity contribution in [3.8, 4) is 11.1 Å². The highest BCUT2D eigenvalue weighted by atomic mass is 35.5. The molecular weight excluding hydrogens is 455 g/mol. The van der Waals surface area contributed by atoms with Crippen molar-refractivity contribution >= 4 is 48.9 Å². The van der Waals surface area contributed by atoms with E-state index in [0.717, 1.165) is 0 Å². The van der Waals surface area contributed by atoms with Gasteiger partial charge in [-0.2, -0.15) is 0 Å². The van der Waals surface area contributed by atoms with Crippen molar-refractivity contribution in [1.82, 2.24) is 0 Å². The molecule has 3 aromatic carbocycles. The van der Waals surface area contributed by atoms with Gasteiger partial charge in [-0.25, -0.2) is 22.0 Å². The van der Waals surface area contributed by atoms with Crippen LogP contribution in [-0.4, -0.2) is 16.8 Å². The average Bonchev–Trinajstić information content (AvgIpc) is 2.64. The molecule has 3 rings (SSSR count). The van der Waals surface area contributed by atoms with Gasteiger partial charge in [-0.15, -0.1) is 0 Å². The highest BCUT2D eigenvalue weighted by Crippen LogP contribution is 2.30. The number of nitrogens with one attached hydrogen (secondary N) is 1. The standard InChI is InChI=1S/C19H16Cl2N2O4S2/c1-12-5-8-18(19(9-12)28(22,24)25)23-29(26,27)15-4-2-3-13(10-15)14-6-7-16(20)17(21)11-14/h2-11,23H,1H3,(H2,22,24,25). The first-order valence-corrected chi connectivity index (χ1v) is 12.0. The van der Waals surface area contributed by atoms with Crippen LogP contribution in [0.25, 0.3) is 11.1 Å². The summed E-state index contributed by atoms with van der Waals surface area (Å²) in [6.45, 7) is 1.67. The number of aryl methyl sites for hydroxylation is 1. The van der Waals surface area contributed by atoms with Crippen molar-refractivity contribution in [1.29, 1.82) is 0 Å². The Morgan fingerprint density at radius 1 is 0.828 bits per heavy atom. The van der Waals surface area contributed by atoms with Crippen LogP contribution in [0, 0.1) is 6.92 Å². The second-order valence-corrected chi connectivity index (χ2v) is 10.3. The Balaban J connectivity index is 2.03. The Labute approximate surface area is 179 Å². The first-order valence-electron chi connectivity index (χ1n) is 8.19. The molecule has 0 fully saturated rings. The summed E-state index contributed by atoms with van der Waals surface area (Å²) in [5.41, 5.74) is 1.77. The van der Waals surface area contributed by atoms with Gasteiger partial charge in [0.25, 0.3) is 10.0 Å². The summed E-state index contributed by atoms with van der Waals surface area (Å²) < 4.78 is 51.7. The van der Waals surface area contributed by atoms with Crippen LogP contribution in [0.2, 0.25) is 10.0 Å². The van der Waals surface area contributed by atoms with Crippen LogP contribution in [-0.2, 0) is 20.0 Å². The number of anilines is 1. The number of primary sulfonamides is 1. The molecule has 3 N–H and O–H groups in total. The predicted octanol–water partition coefficient (Wildman–Crippen LogP) is 4.42. The van der Waals surface area contributed by atoms with Gasteiger partial charge < -0.3 is 0 Å². The number of sulfonamides is 2. The van der Waals surface area contributed by atoms with Crippen molar-refractivity contribution in [3.63, 3.8) is 0 Å². The largest absolute Gasteiger partial charge is 0.278 e. The third-order valence-electron chi connectivity index (χ3n) is 4.09. The highest BCUT2D eigenvalue weighted by molar-refractivity contribution is 7.93. The molecule has 10 heteroatoms. The fourth-order valence-corrected chi connectivity index (χ4v) is 4.94. The van der Waals surface area contributed by atoms with Crippen LogP contribution in [0.1, 0.15) is 5.56 Å². The number of rotatable bonds is 5. The quantitative estimate of drug-likeness (QED) is 0.575. The molecule has 0 radical (unpaired) electrons. The van der Waals surface area contributed by atoms with Gasteiger partial charge in [-0.05, 0) is 60.0 Å². The molecule has 29 heavy (non-hydrogen) atoms. The molecule has 0 aliphatic carbocycles. The number of hydrogen-bond acceptors (Lipinski definition) is 4. The Morgan fingerprint density at radius 3 is 2.17 bits per heavy atom. The number of hydrogen-bond donors (Lipinski definition) is 2. The van der Waals surface area contributed by atoms with Gasteiger partial charge >= 0.3 is 0 Å². The van der Waals surface area contributed by atoms with Gasteiger partial charge in [-0.1, -0.05) is 47.5 Å². The zero-order valence-electron chi connectivity index (χ0n) is 15.1. The summed E-state index contributed by atoms with van der Waals surface area (Å²) in [6.07, 6.45) is 0. The molecule has 0 unspecified atom stereocenters. The van der Waals surface area contributed by atoms with Crippen molar-refractivity contribution < 1.29 is 16.8 Å². The van der Waals surface area contributed by atoms with Crippen LogP contribution in [0.3, 0.4) is 0 Å². The number of halogens is 2. The van der Waals surface area contributed by atoms with E-state index >= 15 is 0 Å². The molecule has 6 nitrogen and oxygen atoms in total. The van der Waals surface area contributed by atoms with Crippen LogP contribution in [0.4, 0.5) is 5.69 Å². The molecule has 3 aromatic rings. The van der Waals surface area contributed by atoms with E-state index in [1.807, 2.05) is 0 Å². The first-order chi connectivity index (χ1) is 13.5. The number of benzene rings is 3. The molecule has 152 valence electrons. The monoisotopic (exact) mass is 470 g/mol. The molecule has 0 aliphatic rings. The second kappa shape index (κ2) is 7.97. The second-order valence-electron chi connectivity index (χ2n) is 6.31. The minimum Gasteiger partial charge on any atom is -0.278 e. The van der Waals surface area contributed by atoms with Crippen molar-refractivity contribution in [2.45, 2.75) is 16.7 Å². The topological polar surface area (TPSA) is 106 Å². The summed E-state index contributed by atoms with van der Waals surface area (Å²) in [5.74, 6) is 0. The zero-order chi connectivity index (χ0) is 21.4. The highest BCUT2D eigenvalue weighted by Gasteiger charge is 2.21. The Morgan fingerprint density at radius 2 is 1.52 bits per heavy atom. The normalized spacial score (nSPS) is 12.0. The van der Waals surface area contributed by atoms with Gasteiger partial charge in [0.15, 0.2) is 0 Å². The van der Waals surface area contributed by atoms with Crippen molar-refractivity contribution in [2.75, 3.05) is 4.72 Å². The van der Waals surface area contributed by atoms with Gasteiger partial charge in [0.05, 0.1) is 20.6 Å². The van der Waals surface area contributed by atoms with Gasteiger partial charge in [0, 0.05) is 0 Å². The molecule has 0 aromatic heterocycles.